The average molecular weight is 483 g/mol. The van der Waals surface area contributed by atoms with Gasteiger partial charge in [-0.05, 0) is 56.7 Å². The summed E-state index contributed by atoms with van der Waals surface area (Å²) in [6.45, 7) is 12.0. The van der Waals surface area contributed by atoms with E-state index < -0.39 is 0 Å². The molecule has 0 radical (unpaired) electrons. The first-order valence-corrected chi connectivity index (χ1v) is 13.0. The molecule has 2 heterocycles. The number of nitrogens with zero attached hydrogens (tertiary/aromatic N) is 3. The standard InChI is InChI=1S/C30H34N4O2/c1-4-32-21-11-13-25-27(19-21)36-28-20-22(33(5-2)6-3)12-14-26(28)29(25)23-9-7-8-10-24(23)30(35)34-17-15-31-16-18-34/h7-14,19-20,31H,4-6,15-18H2,1-3H3/b32-21-. The van der Waals surface area contributed by atoms with Gasteiger partial charge in [0, 0.05) is 85.7 Å². The van der Waals surface area contributed by atoms with Gasteiger partial charge in [-0.2, -0.15) is 0 Å². The van der Waals surface area contributed by atoms with Crippen molar-refractivity contribution in [2.45, 2.75) is 20.8 Å². The number of carbonyl (C=O) groups excluding carboxylic acids is 1. The van der Waals surface area contributed by atoms with Gasteiger partial charge in [-0.25, -0.2) is 0 Å². The van der Waals surface area contributed by atoms with Crippen LogP contribution in [0.4, 0.5) is 5.69 Å². The summed E-state index contributed by atoms with van der Waals surface area (Å²) in [7, 11) is 0. The molecule has 6 nitrogen and oxygen atoms in total. The maximum Gasteiger partial charge on any atom is 0.254 e. The number of hydrogen-bond donors (Lipinski definition) is 1. The van der Waals surface area contributed by atoms with Crippen molar-refractivity contribution in [2.24, 2.45) is 4.99 Å². The molecule has 3 aliphatic rings. The smallest absolute Gasteiger partial charge is 0.254 e. The lowest BCUT2D eigenvalue weighted by atomic mass is 9.90. The fourth-order valence-corrected chi connectivity index (χ4v) is 5.15. The maximum absolute atomic E-state index is 13.7. The Bertz CT molecular complexity index is 1410. The van der Waals surface area contributed by atoms with Gasteiger partial charge < -0.3 is 19.5 Å². The van der Waals surface area contributed by atoms with Crippen LogP contribution in [0.2, 0.25) is 0 Å². The van der Waals surface area contributed by atoms with Gasteiger partial charge in [0.1, 0.15) is 11.3 Å². The Morgan fingerprint density at radius 1 is 0.972 bits per heavy atom. The van der Waals surface area contributed by atoms with Crippen molar-refractivity contribution in [1.82, 2.24) is 10.2 Å². The Kier molecular flexibility index (Phi) is 7.05. The quantitative estimate of drug-likeness (QED) is 0.392. The molecule has 0 spiro atoms. The van der Waals surface area contributed by atoms with E-state index in [0.717, 1.165) is 76.2 Å². The summed E-state index contributed by atoms with van der Waals surface area (Å²) in [5.41, 5.74) is 5.60. The second-order valence-electron chi connectivity index (χ2n) is 9.07. The van der Waals surface area contributed by atoms with Crippen molar-refractivity contribution in [3.63, 3.8) is 0 Å². The normalized spacial score (nSPS) is 14.5. The van der Waals surface area contributed by atoms with Gasteiger partial charge in [0.25, 0.3) is 5.91 Å². The molecule has 2 aromatic rings. The van der Waals surface area contributed by atoms with E-state index in [1.165, 1.54) is 0 Å². The monoisotopic (exact) mass is 482 g/mol. The molecule has 186 valence electrons. The van der Waals surface area contributed by atoms with Crippen molar-refractivity contribution < 1.29 is 9.21 Å². The lowest BCUT2D eigenvalue weighted by Gasteiger charge is -2.28. The fourth-order valence-electron chi connectivity index (χ4n) is 5.15. The van der Waals surface area contributed by atoms with Gasteiger partial charge >= 0.3 is 0 Å². The first-order valence-electron chi connectivity index (χ1n) is 13.0. The van der Waals surface area contributed by atoms with Gasteiger partial charge in [0.2, 0.25) is 0 Å². The number of nitrogens with one attached hydrogen (secondary N) is 1. The predicted molar refractivity (Wildman–Crippen MR) is 147 cm³/mol. The zero-order valence-electron chi connectivity index (χ0n) is 21.4. The molecule has 0 atom stereocenters. The van der Waals surface area contributed by atoms with Crippen LogP contribution in [0.25, 0.3) is 33.4 Å². The zero-order chi connectivity index (χ0) is 25.1. The van der Waals surface area contributed by atoms with Gasteiger partial charge in [0.15, 0.2) is 0 Å². The molecule has 36 heavy (non-hydrogen) atoms. The third-order valence-corrected chi connectivity index (χ3v) is 6.99. The molecule has 2 aromatic carbocycles. The third kappa shape index (κ3) is 4.49. The topological polar surface area (TPSA) is 61.1 Å². The van der Waals surface area contributed by atoms with Crippen molar-refractivity contribution in [3.05, 3.63) is 71.6 Å². The average Bonchev–Trinajstić information content (AvgIpc) is 2.92. The highest BCUT2D eigenvalue weighted by molar-refractivity contribution is 6.09. The molecule has 1 saturated heterocycles. The molecule has 2 aliphatic heterocycles. The molecule has 5 rings (SSSR count). The van der Waals surface area contributed by atoms with E-state index in [1.54, 1.807) is 0 Å². The minimum atomic E-state index is 0.0755. The largest absolute Gasteiger partial charge is 0.456 e. The van der Waals surface area contributed by atoms with E-state index >= 15 is 0 Å². The Labute approximate surface area is 212 Å². The van der Waals surface area contributed by atoms with Crippen LogP contribution in [0.3, 0.4) is 0 Å². The molecular weight excluding hydrogens is 448 g/mol. The molecule has 1 amide bonds. The molecule has 1 N–H and O–H groups in total. The number of amides is 1. The maximum atomic E-state index is 13.7. The van der Waals surface area contributed by atoms with E-state index in [2.05, 4.69) is 59.4 Å². The van der Waals surface area contributed by atoms with Crippen LogP contribution in [0.5, 0.6) is 0 Å². The minimum absolute atomic E-state index is 0.0755. The van der Waals surface area contributed by atoms with E-state index in [-0.39, 0.29) is 5.91 Å². The summed E-state index contributed by atoms with van der Waals surface area (Å²) in [5, 5.41) is 5.23. The summed E-state index contributed by atoms with van der Waals surface area (Å²) in [4.78, 5) is 22.5. The molecule has 0 aromatic heterocycles. The number of rotatable bonds is 6. The predicted octanol–water partition coefficient (Wildman–Crippen LogP) is 5.02. The van der Waals surface area contributed by atoms with Crippen LogP contribution >= 0.6 is 0 Å². The number of anilines is 1. The van der Waals surface area contributed by atoms with Crippen LogP contribution in [0, 0.1) is 0 Å². The van der Waals surface area contributed by atoms with Crippen LogP contribution in [0.1, 0.15) is 31.1 Å². The van der Waals surface area contributed by atoms with Gasteiger partial charge in [-0.15, -0.1) is 0 Å². The molecule has 0 saturated carbocycles. The van der Waals surface area contributed by atoms with Gasteiger partial charge in [0.05, 0.1) is 5.36 Å². The van der Waals surface area contributed by atoms with Gasteiger partial charge in [-0.3, -0.25) is 9.79 Å². The Morgan fingerprint density at radius 2 is 1.75 bits per heavy atom. The Hall–Kier alpha value is -3.64. The number of benzene rings is 3. The van der Waals surface area contributed by atoms with Crippen molar-refractivity contribution >= 4 is 22.6 Å². The number of piperazine rings is 1. The number of carbonyl (C=O) groups is 1. The SMILES string of the molecule is CC/N=c1/ccc2c(-c3ccccc3C(=O)N3CCNCC3)c3ccc(N(CC)CC)cc3oc-2c1. The van der Waals surface area contributed by atoms with E-state index in [1.807, 2.05) is 42.2 Å². The Morgan fingerprint density at radius 3 is 2.50 bits per heavy atom. The minimum Gasteiger partial charge on any atom is -0.456 e. The van der Waals surface area contributed by atoms with E-state index in [4.69, 9.17) is 4.42 Å². The first-order chi connectivity index (χ1) is 17.6. The highest BCUT2D eigenvalue weighted by Crippen LogP contribution is 2.42. The first kappa shape index (κ1) is 24.1. The Balaban J connectivity index is 1.77. The number of hydrogen-bond acceptors (Lipinski definition) is 5. The summed E-state index contributed by atoms with van der Waals surface area (Å²) >= 11 is 0. The van der Waals surface area contributed by atoms with Crippen LogP contribution < -0.4 is 15.6 Å². The highest BCUT2D eigenvalue weighted by atomic mass is 16.3. The molecule has 6 heteroatoms. The second kappa shape index (κ2) is 10.5. The van der Waals surface area contributed by atoms with Crippen molar-refractivity contribution in [3.8, 4) is 22.5 Å². The molecule has 0 unspecified atom stereocenters. The number of fused-ring (bicyclic) bond motifs is 2. The summed E-state index contributed by atoms with van der Waals surface area (Å²) in [6.07, 6.45) is 0. The fraction of sp³-hybridized carbons (Fsp3) is 0.333. The summed E-state index contributed by atoms with van der Waals surface area (Å²) < 4.78 is 6.50. The summed E-state index contributed by atoms with van der Waals surface area (Å²) in [5.74, 6) is 0.847. The van der Waals surface area contributed by atoms with Gasteiger partial charge in [-0.1, -0.05) is 18.2 Å². The van der Waals surface area contributed by atoms with Crippen LogP contribution in [-0.4, -0.2) is 56.6 Å². The van der Waals surface area contributed by atoms with E-state index in [0.29, 0.717) is 19.6 Å². The van der Waals surface area contributed by atoms with Crippen LogP contribution in [-0.2, 0) is 0 Å². The molecule has 0 bridgehead atoms. The van der Waals surface area contributed by atoms with Crippen molar-refractivity contribution in [1.29, 1.82) is 0 Å². The third-order valence-electron chi connectivity index (χ3n) is 6.99. The lowest BCUT2D eigenvalue weighted by molar-refractivity contribution is 0.0736. The second-order valence-corrected chi connectivity index (χ2v) is 9.07. The summed E-state index contributed by atoms with van der Waals surface area (Å²) in [6, 6.07) is 20.5. The zero-order valence-corrected chi connectivity index (χ0v) is 21.4. The molecular formula is C30H34N4O2. The van der Waals surface area contributed by atoms with E-state index in [9.17, 15) is 4.79 Å². The molecule has 1 aliphatic carbocycles. The highest BCUT2D eigenvalue weighted by Gasteiger charge is 2.25. The lowest BCUT2D eigenvalue weighted by Crippen LogP contribution is -2.46. The van der Waals surface area contributed by atoms with Crippen molar-refractivity contribution in [2.75, 3.05) is 50.7 Å². The van der Waals surface area contributed by atoms with Crippen LogP contribution in [0.15, 0.2) is 70.1 Å². The molecule has 1 fully saturated rings.